The van der Waals surface area contributed by atoms with Crippen molar-refractivity contribution in [2.45, 2.75) is 47.0 Å². The lowest BCUT2D eigenvalue weighted by molar-refractivity contribution is -0.141. The third kappa shape index (κ3) is 3.99. The van der Waals surface area contributed by atoms with E-state index in [-0.39, 0.29) is 5.97 Å². The first-order chi connectivity index (χ1) is 7.30. The summed E-state index contributed by atoms with van der Waals surface area (Å²) >= 11 is 0. The monoisotopic (exact) mass is 224 g/mol. The first-order valence-electron chi connectivity index (χ1n) is 6.13. The third-order valence-corrected chi connectivity index (χ3v) is 3.28. The summed E-state index contributed by atoms with van der Waals surface area (Å²) in [7, 11) is 0. The Labute approximate surface area is 99.1 Å². The van der Waals surface area contributed by atoms with Crippen LogP contribution in [0.5, 0.6) is 0 Å². The molecule has 2 unspecified atom stereocenters. The maximum Gasteiger partial charge on any atom is 0.333 e. The fourth-order valence-electron chi connectivity index (χ4n) is 2.99. The molecule has 1 aliphatic rings. The minimum atomic E-state index is -0.254. The van der Waals surface area contributed by atoms with Gasteiger partial charge in [-0.3, -0.25) is 0 Å². The van der Waals surface area contributed by atoms with E-state index in [1.807, 2.05) is 0 Å². The zero-order chi connectivity index (χ0) is 12.3. The molecule has 0 aliphatic heterocycles. The molecule has 16 heavy (non-hydrogen) atoms. The Hall–Kier alpha value is -0.790. The second-order valence-corrected chi connectivity index (χ2v) is 6.16. The first-order valence-corrected chi connectivity index (χ1v) is 6.13. The van der Waals surface area contributed by atoms with E-state index in [1.54, 1.807) is 6.92 Å². The van der Waals surface area contributed by atoms with E-state index in [0.717, 1.165) is 12.3 Å². The highest BCUT2D eigenvalue weighted by molar-refractivity contribution is 5.86. The molecule has 92 valence electrons. The average molecular weight is 224 g/mol. The van der Waals surface area contributed by atoms with E-state index in [1.165, 1.54) is 12.8 Å². The lowest BCUT2D eigenvalue weighted by Gasteiger charge is -2.38. The van der Waals surface area contributed by atoms with Crippen molar-refractivity contribution in [3.63, 3.8) is 0 Å². The molecule has 0 aromatic carbocycles. The van der Waals surface area contributed by atoms with Crippen LogP contribution in [0.4, 0.5) is 0 Å². The second-order valence-electron chi connectivity index (χ2n) is 6.16. The molecule has 0 aromatic heterocycles. The maximum atomic E-state index is 11.3. The van der Waals surface area contributed by atoms with Crippen LogP contribution in [0.2, 0.25) is 0 Å². The summed E-state index contributed by atoms with van der Waals surface area (Å²) in [4.78, 5) is 11.3. The Kier molecular flexibility index (Phi) is 4.17. The zero-order valence-electron chi connectivity index (χ0n) is 11.0. The number of rotatable bonds is 3. The Morgan fingerprint density at radius 1 is 1.44 bits per heavy atom. The molecule has 1 fully saturated rings. The predicted octanol–water partition coefficient (Wildman–Crippen LogP) is 3.57. The van der Waals surface area contributed by atoms with Crippen LogP contribution in [0.1, 0.15) is 47.0 Å². The number of hydrogen-bond donors (Lipinski definition) is 0. The summed E-state index contributed by atoms with van der Waals surface area (Å²) in [5.74, 6) is 0.996. The number of ether oxygens (including phenoxy) is 1. The average Bonchev–Trinajstić information content (AvgIpc) is 2.10. The molecule has 1 aliphatic carbocycles. The van der Waals surface area contributed by atoms with Gasteiger partial charge in [0.05, 0.1) is 6.61 Å². The number of carbonyl (C=O) groups excluding carboxylic acids is 1. The van der Waals surface area contributed by atoms with Gasteiger partial charge in [0.15, 0.2) is 0 Å². The summed E-state index contributed by atoms with van der Waals surface area (Å²) in [6, 6.07) is 0. The normalized spacial score (nSPS) is 28.5. The lowest BCUT2D eigenvalue weighted by Crippen LogP contribution is -2.30. The highest BCUT2D eigenvalue weighted by Crippen LogP contribution is 2.41. The van der Waals surface area contributed by atoms with E-state index in [0.29, 0.717) is 23.5 Å². The van der Waals surface area contributed by atoms with Crippen molar-refractivity contribution >= 4 is 5.97 Å². The van der Waals surface area contributed by atoms with E-state index >= 15 is 0 Å². The molecule has 0 N–H and O–H groups in total. The van der Waals surface area contributed by atoms with Crippen molar-refractivity contribution < 1.29 is 9.53 Å². The van der Waals surface area contributed by atoms with Crippen molar-refractivity contribution in [2.75, 3.05) is 6.61 Å². The van der Waals surface area contributed by atoms with Gasteiger partial charge >= 0.3 is 5.97 Å². The molecule has 2 heteroatoms. The van der Waals surface area contributed by atoms with E-state index in [9.17, 15) is 4.79 Å². The van der Waals surface area contributed by atoms with Crippen LogP contribution in [0, 0.1) is 17.3 Å². The van der Waals surface area contributed by atoms with E-state index in [4.69, 9.17) is 4.74 Å². The summed E-state index contributed by atoms with van der Waals surface area (Å²) in [6.07, 6.45) is 3.60. The standard InChI is InChI=1S/C14H24O2/c1-10(2)13(15)16-9-12-6-11(3)7-14(4,5)8-12/h11-12H,1,6-9H2,2-5H3. The highest BCUT2D eigenvalue weighted by atomic mass is 16.5. The van der Waals surface area contributed by atoms with Gasteiger partial charge in [0.2, 0.25) is 0 Å². The van der Waals surface area contributed by atoms with Gasteiger partial charge in [-0.15, -0.1) is 0 Å². The van der Waals surface area contributed by atoms with Crippen molar-refractivity contribution in [1.29, 1.82) is 0 Å². The molecule has 0 saturated heterocycles. The van der Waals surface area contributed by atoms with Gasteiger partial charge in [-0.1, -0.05) is 27.4 Å². The molecule has 1 rings (SSSR count). The Morgan fingerprint density at radius 3 is 2.56 bits per heavy atom. The van der Waals surface area contributed by atoms with Gasteiger partial charge in [-0.2, -0.15) is 0 Å². The fourth-order valence-corrected chi connectivity index (χ4v) is 2.99. The second kappa shape index (κ2) is 5.03. The van der Waals surface area contributed by atoms with Crippen LogP contribution < -0.4 is 0 Å². The fraction of sp³-hybridized carbons (Fsp3) is 0.786. The minimum Gasteiger partial charge on any atom is -0.462 e. The molecule has 0 radical (unpaired) electrons. The van der Waals surface area contributed by atoms with Gasteiger partial charge in [-0.25, -0.2) is 4.79 Å². The van der Waals surface area contributed by atoms with Crippen LogP contribution in [-0.2, 0) is 9.53 Å². The molecule has 0 heterocycles. The molecule has 0 aromatic rings. The number of hydrogen-bond acceptors (Lipinski definition) is 2. The molecule has 0 spiro atoms. The SMILES string of the molecule is C=C(C)C(=O)OCC1CC(C)CC(C)(C)C1. The van der Waals surface area contributed by atoms with Crippen LogP contribution >= 0.6 is 0 Å². The largest absolute Gasteiger partial charge is 0.462 e. The van der Waals surface area contributed by atoms with Crippen LogP contribution in [0.3, 0.4) is 0 Å². The van der Waals surface area contributed by atoms with Crippen LogP contribution in [0.15, 0.2) is 12.2 Å². The van der Waals surface area contributed by atoms with Gasteiger partial charge in [-0.05, 0) is 43.4 Å². The summed E-state index contributed by atoms with van der Waals surface area (Å²) in [5.41, 5.74) is 0.876. The smallest absolute Gasteiger partial charge is 0.333 e. The van der Waals surface area contributed by atoms with Crippen molar-refractivity contribution in [2.24, 2.45) is 17.3 Å². The van der Waals surface area contributed by atoms with Gasteiger partial charge in [0.25, 0.3) is 0 Å². The van der Waals surface area contributed by atoms with Gasteiger partial charge < -0.3 is 4.74 Å². The van der Waals surface area contributed by atoms with Crippen LogP contribution in [-0.4, -0.2) is 12.6 Å². The van der Waals surface area contributed by atoms with E-state index < -0.39 is 0 Å². The number of carbonyl (C=O) groups is 1. The van der Waals surface area contributed by atoms with Crippen LogP contribution in [0.25, 0.3) is 0 Å². The first kappa shape index (κ1) is 13.3. The molecule has 2 atom stereocenters. The highest BCUT2D eigenvalue weighted by Gasteiger charge is 2.32. The lowest BCUT2D eigenvalue weighted by atomic mass is 9.68. The molecular weight excluding hydrogens is 200 g/mol. The van der Waals surface area contributed by atoms with E-state index in [2.05, 4.69) is 27.4 Å². The molecule has 1 saturated carbocycles. The quantitative estimate of drug-likeness (QED) is 0.541. The molecule has 0 amide bonds. The predicted molar refractivity (Wildman–Crippen MR) is 66.1 cm³/mol. The maximum absolute atomic E-state index is 11.3. The minimum absolute atomic E-state index is 0.254. The Balaban J connectivity index is 2.43. The molecule has 0 bridgehead atoms. The number of esters is 1. The van der Waals surface area contributed by atoms with Gasteiger partial charge in [0, 0.05) is 5.57 Å². The summed E-state index contributed by atoms with van der Waals surface area (Å²) in [5, 5.41) is 0. The Bertz CT molecular complexity index is 278. The van der Waals surface area contributed by atoms with Gasteiger partial charge in [0.1, 0.15) is 0 Å². The molecular formula is C14H24O2. The third-order valence-electron chi connectivity index (χ3n) is 3.28. The zero-order valence-corrected chi connectivity index (χ0v) is 11.0. The van der Waals surface area contributed by atoms with Crippen molar-refractivity contribution in [3.05, 3.63) is 12.2 Å². The summed E-state index contributed by atoms with van der Waals surface area (Å²) < 4.78 is 5.25. The topological polar surface area (TPSA) is 26.3 Å². The Morgan fingerprint density at radius 2 is 2.06 bits per heavy atom. The summed E-state index contributed by atoms with van der Waals surface area (Å²) in [6.45, 7) is 12.7. The van der Waals surface area contributed by atoms with Crippen molar-refractivity contribution in [3.8, 4) is 0 Å². The molecule has 2 nitrogen and oxygen atoms in total. The van der Waals surface area contributed by atoms with Crippen molar-refractivity contribution in [1.82, 2.24) is 0 Å².